The molecule has 0 radical (unpaired) electrons. The van der Waals surface area contributed by atoms with Crippen LogP contribution in [0.2, 0.25) is 0 Å². The fraction of sp³-hybridized carbons (Fsp3) is 0.458. The van der Waals surface area contributed by atoms with E-state index < -0.39 is 114 Å². The van der Waals surface area contributed by atoms with Crippen LogP contribution in [0, 0.1) is 10.8 Å². The van der Waals surface area contributed by atoms with E-state index in [9.17, 15) is 53.1 Å². The van der Waals surface area contributed by atoms with E-state index in [1.165, 1.54) is 0 Å². The maximum Gasteiger partial charge on any atom is 0.326 e. The second-order valence-electron chi connectivity index (χ2n) is 17.9. The Kier molecular flexibility index (Phi) is 23.3. The fourth-order valence-electron chi connectivity index (χ4n) is 8.10. The highest BCUT2D eigenvalue weighted by molar-refractivity contribution is 6.00. The Labute approximate surface area is 431 Å². The molecule has 1 aliphatic heterocycles. The summed E-state index contributed by atoms with van der Waals surface area (Å²) in [4.78, 5) is 139. The molecule has 1 aliphatic rings. The van der Waals surface area contributed by atoms with Gasteiger partial charge in [-0.25, -0.2) is 4.79 Å². The summed E-state index contributed by atoms with van der Waals surface area (Å²) in [6.45, 7) is 1.29. The first-order chi connectivity index (χ1) is 35.7. The Hall–Kier alpha value is -8.78. The average Bonchev–Trinajstić information content (AvgIpc) is 3.76. The molecule has 0 bridgehead atoms. The molecule has 0 unspecified atom stereocenters. The molecule has 0 spiro atoms. The van der Waals surface area contributed by atoms with Gasteiger partial charge in [-0.2, -0.15) is 0 Å². The highest BCUT2D eigenvalue weighted by atomic mass is 16.4. The Morgan fingerprint density at radius 1 is 0.720 bits per heavy atom. The van der Waals surface area contributed by atoms with Crippen molar-refractivity contribution < 1.29 is 53.1 Å². The molecule has 2 heterocycles. The van der Waals surface area contributed by atoms with E-state index in [2.05, 4.69) is 58.2 Å². The van der Waals surface area contributed by atoms with Gasteiger partial charge in [0.15, 0.2) is 11.9 Å². The van der Waals surface area contributed by atoms with Crippen LogP contribution < -0.4 is 70.4 Å². The van der Waals surface area contributed by atoms with Gasteiger partial charge in [0, 0.05) is 56.5 Å². The van der Waals surface area contributed by atoms with Gasteiger partial charge in [-0.1, -0.05) is 48.5 Å². The van der Waals surface area contributed by atoms with Crippen molar-refractivity contribution in [2.24, 2.45) is 17.2 Å². The average molecular weight is 1050 g/mol. The summed E-state index contributed by atoms with van der Waals surface area (Å²) in [5.74, 6) is -10.5. The van der Waals surface area contributed by atoms with Crippen molar-refractivity contribution in [2.45, 2.75) is 120 Å². The van der Waals surface area contributed by atoms with Crippen LogP contribution in [0.5, 0.6) is 0 Å². The normalized spacial score (nSPS) is 21.0. The van der Waals surface area contributed by atoms with Crippen molar-refractivity contribution in [3.63, 3.8) is 0 Å². The largest absolute Gasteiger partial charge is 0.480 e. The monoisotopic (exact) mass is 1040 g/mol. The Balaban J connectivity index is 1.77. The smallest absolute Gasteiger partial charge is 0.326 e. The third kappa shape index (κ3) is 20.3. The van der Waals surface area contributed by atoms with E-state index in [4.69, 9.17) is 28.0 Å². The number of nitrogens with two attached hydrogens (primary N) is 3. The molecule has 7 atom stereocenters. The molecule has 2 aromatic carbocycles. The summed E-state index contributed by atoms with van der Waals surface area (Å²) in [5.41, 5.74) is 18.2. The van der Waals surface area contributed by atoms with Crippen LogP contribution in [0.1, 0.15) is 75.8 Å². The molecule has 27 heteroatoms. The lowest BCUT2D eigenvalue weighted by molar-refractivity contribution is -0.142. The summed E-state index contributed by atoms with van der Waals surface area (Å²) in [6.07, 6.45) is 0.0288. The Morgan fingerprint density at radius 2 is 1.31 bits per heavy atom. The fourth-order valence-corrected chi connectivity index (χ4v) is 8.10. The van der Waals surface area contributed by atoms with Crippen LogP contribution in [0.4, 0.5) is 0 Å². The van der Waals surface area contributed by atoms with Gasteiger partial charge in [0.1, 0.15) is 42.3 Å². The van der Waals surface area contributed by atoms with Gasteiger partial charge in [-0.05, 0) is 62.1 Å². The van der Waals surface area contributed by atoms with Gasteiger partial charge >= 0.3 is 5.97 Å². The zero-order chi connectivity index (χ0) is 55.0. The van der Waals surface area contributed by atoms with Gasteiger partial charge in [0.05, 0.1) is 12.8 Å². The summed E-state index contributed by atoms with van der Waals surface area (Å²) in [6, 6.07) is 4.77. The van der Waals surface area contributed by atoms with E-state index in [1.807, 2.05) is 0 Å². The van der Waals surface area contributed by atoms with Crippen LogP contribution in [-0.4, -0.2) is 143 Å². The van der Waals surface area contributed by atoms with Crippen molar-refractivity contribution in [1.29, 1.82) is 10.8 Å². The molecule has 75 heavy (non-hydrogen) atoms. The van der Waals surface area contributed by atoms with E-state index in [0.29, 0.717) is 16.5 Å². The molecule has 406 valence electrons. The van der Waals surface area contributed by atoms with Gasteiger partial charge in [0.25, 0.3) is 0 Å². The van der Waals surface area contributed by atoms with Crippen molar-refractivity contribution in [2.75, 3.05) is 19.6 Å². The molecule has 20 N–H and O–H groups in total. The minimum absolute atomic E-state index is 0.0236. The third-order valence-electron chi connectivity index (χ3n) is 11.9. The Morgan fingerprint density at radius 3 is 1.96 bits per heavy atom. The zero-order valence-electron chi connectivity index (χ0n) is 41.5. The number of carbonyl (C=O) groups is 10. The van der Waals surface area contributed by atoms with E-state index in [-0.39, 0.29) is 89.3 Å². The number of rotatable bonds is 18. The number of aliphatic carboxylic acids is 1. The number of amides is 9. The molecule has 0 saturated carbocycles. The first-order valence-electron chi connectivity index (χ1n) is 24.3. The Bertz CT molecular complexity index is 2540. The summed E-state index contributed by atoms with van der Waals surface area (Å²) in [7, 11) is 0. The number of para-hydroxylation sites is 1. The standard InChI is InChI=1S/C48H68N16O11/c1-26(65)58-31(16-9-19-55-47(50)51)40(68)64-37-24-39(67)54-18-8-7-15-33(46(74)75)60-43(71)35(22-28-25-57-30-14-6-5-13-29(28)30)62-41(69)32(17-10-20-56-48(52)53)59-42(70)34(21-27-11-3-2-4-12-27)61-44(72)36(23-38(49)66)63-45(37)73/h2-6,11-14,25,31-37,57H,7-10,15-24H2,1H3,(H2,49,66)(H,54,67)(H,58,65)(H,59,70)(H,60,71)(H,61,72)(H,62,69)(H,63,73)(H,64,68)(H,74,75)(H4,50,51,55)(H4,52,53,56)/t31-,32-,33-,34+,35-,36-,37-/m0/s1. The number of carboxylic acid groups (broad SMARTS) is 1. The lowest BCUT2D eigenvalue weighted by atomic mass is 10.0. The lowest BCUT2D eigenvalue weighted by Gasteiger charge is -2.28. The highest BCUT2D eigenvalue weighted by Crippen LogP contribution is 2.20. The van der Waals surface area contributed by atoms with Crippen molar-refractivity contribution in [3.05, 3.63) is 71.9 Å². The molecule has 1 saturated heterocycles. The first-order valence-corrected chi connectivity index (χ1v) is 24.3. The number of nitrogens with one attached hydrogen (secondary N) is 13. The number of aromatic nitrogens is 1. The topological polar surface area (TPSA) is 453 Å². The van der Waals surface area contributed by atoms with Crippen LogP contribution in [0.3, 0.4) is 0 Å². The van der Waals surface area contributed by atoms with Crippen molar-refractivity contribution >= 4 is 82.0 Å². The van der Waals surface area contributed by atoms with Crippen LogP contribution in [0.25, 0.3) is 10.9 Å². The van der Waals surface area contributed by atoms with E-state index in [1.54, 1.807) is 60.8 Å². The lowest BCUT2D eigenvalue weighted by Crippen LogP contribution is -2.61. The van der Waals surface area contributed by atoms with E-state index >= 15 is 0 Å². The summed E-state index contributed by atoms with van der Waals surface area (Å²) < 4.78 is 0. The minimum Gasteiger partial charge on any atom is -0.480 e. The molecule has 3 aromatic rings. The predicted octanol–water partition coefficient (Wildman–Crippen LogP) is -3.46. The van der Waals surface area contributed by atoms with E-state index in [0.717, 1.165) is 12.4 Å². The quantitative estimate of drug-likeness (QED) is 0.0335. The number of hydrogen-bond donors (Lipinski definition) is 17. The van der Waals surface area contributed by atoms with Gasteiger partial charge < -0.3 is 80.5 Å². The number of guanidine groups is 2. The predicted molar refractivity (Wildman–Crippen MR) is 273 cm³/mol. The number of fused-ring (bicyclic) bond motifs is 1. The summed E-state index contributed by atoms with van der Waals surface area (Å²) in [5, 5.41) is 51.4. The maximum atomic E-state index is 14.5. The number of carboxylic acids is 1. The number of aromatic amines is 1. The van der Waals surface area contributed by atoms with Crippen molar-refractivity contribution in [1.82, 2.24) is 58.2 Å². The van der Waals surface area contributed by atoms with Gasteiger partial charge in [-0.3, -0.25) is 54.0 Å². The van der Waals surface area contributed by atoms with Crippen molar-refractivity contribution in [3.8, 4) is 0 Å². The number of H-pyrrole nitrogens is 1. The summed E-state index contributed by atoms with van der Waals surface area (Å²) >= 11 is 0. The molecule has 0 aliphatic carbocycles. The number of carbonyl (C=O) groups excluding carboxylic acids is 9. The molecule has 4 rings (SSSR count). The molecular formula is C48H68N16O11. The SMILES string of the molecule is CC(=O)N[C@@H](CCCNC(=N)N)C(=O)N[C@H]1CC(=O)NCCCC[C@@H](C(=O)O)NC(=O)[C@H](Cc2c[nH]c3ccccc23)NC(=O)[C@H](CCCNC(=N)N)NC(=O)[C@@H](Cc2ccccc2)NC(=O)[C@H](CC(N)=O)NC1=O. The maximum absolute atomic E-state index is 14.5. The first kappa shape index (κ1) is 58.8. The van der Waals surface area contributed by atoms with Crippen LogP contribution >= 0.6 is 0 Å². The van der Waals surface area contributed by atoms with Crippen LogP contribution in [-0.2, 0) is 60.8 Å². The molecule has 1 fully saturated rings. The second-order valence-corrected chi connectivity index (χ2v) is 17.9. The number of hydrogen-bond acceptors (Lipinski definition) is 12. The number of primary amides is 1. The van der Waals surface area contributed by atoms with Gasteiger partial charge in [0.2, 0.25) is 53.2 Å². The minimum atomic E-state index is -1.82. The molecule has 27 nitrogen and oxygen atoms in total. The molecule has 1 aromatic heterocycles. The molecule has 9 amide bonds. The highest BCUT2D eigenvalue weighted by Gasteiger charge is 2.36. The second kappa shape index (κ2) is 29.7. The van der Waals surface area contributed by atoms with Gasteiger partial charge in [-0.15, -0.1) is 0 Å². The third-order valence-corrected chi connectivity index (χ3v) is 11.9. The molecular weight excluding hydrogens is 977 g/mol. The number of benzene rings is 2. The van der Waals surface area contributed by atoms with Crippen LogP contribution in [0.15, 0.2) is 60.8 Å². The zero-order valence-corrected chi connectivity index (χ0v) is 41.5.